The van der Waals surface area contributed by atoms with Gasteiger partial charge in [0.15, 0.2) is 0 Å². The third-order valence-corrected chi connectivity index (χ3v) is 20.1. The number of hydrogen-bond donors (Lipinski definition) is 0. The molecule has 0 aromatic heterocycles. The SMILES string of the molecule is CC1CC(C)(C)C1.CC1CC(C)(C)C1.CC1CC(C)C1C.CC1CCC1(C)C.CCC1(C)CCC1.CCC1CC(C)C1.CCC1CC(C)C1.CCC1CCC1C.C[C@H]1CCC1(C)C. The number of hydrogen-bond acceptors (Lipinski definition) is 0. The van der Waals surface area contributed by atoms with Crippen LogP contribution in [0.15, 0.2) is 0 Å². The van der Waals surface area contributed by atoms with Crippen LogP contribution in [0.25, 0.3) is 0 Å². The Morgan fingerprint density at radius 3 is 0.746 bits per heavy atom. The van der Waals surface area contributed by atoms with Gasteiger partial charge in [-0.1, -0.05) is 198 Å². The predicted molar refractivity (Wildman–Crippen MR) is 290 cm³/mol. The lowest BCUT2D eigenvalue weighted by Crippen LogP contribution is -2.31. The van der Waals surface area contributed by atoms with Gasteiger partial charge in [0.2, 0.25) is 0 Å². The molecular weight excluding hydrogens is 757 g/mol. The van der Waals surface area contributed by atoms with Crippen LogP contribution in [0.3, 0.4) is 0 Å². The first kappa shape index (κ1) is 61.0. The van der Waals surface area contributed by atoms with Crippen molar-refractivity contribution in [2.45, 2.75) is 301 Å². The summed E-state index contributed by atoms with van der Waals surface area (Å²) in [7, 11) is 0. The van der Waals surface area contributed by atoms with E-state index in [9.17, 15) is 0 Å². The molecule has 0 aromatic carbocycles. The van der Waals surface area contributed by atoms with E-state index in [0.29, 0.717) is 21.7 Å². The molecule has 0 bridgehead atoms. The van der Waals surface area contributed by atoms with Gasteiger partial charge in [-0.15, -0.1) is 0 Å². The summed E-state index contributed by atoms with van der Waals surface area (Å²) in [4.78, 5) is 0. The Kier molecular flexibility index (Phi) is 27.0. The van der Waals surface area contributed by atoms with Gasteiger partial charge in [0.25, 0.3) is 0 Å². The predicted octanol–water partition coefficient (Wildman–Crippen LogP) is 22.0. The Morgan fingerprint density at radius 1 is 0.381 bits per heavy atom. The van der Waals surface area contributed by atoms with Crippen LogP contribution in [0.4, 0.5) is 0 Å². The second-order valence-corrected chi connectivity index (χ2v) is 28.7. The van der Waals surface area contributed by atoms with Crippen LogP contribution in [0.2, 0.25) is 0 Å². The summed E-state index contributed by atoms with van der Waals surface area (Å²) in [6.45, 7) is 53.7. The summed E-state index contributed by atoms with van der Waals surface area (Å²) < 4.78 is 0. The molecule has 9 rings (SSSR count). The van der Waals surface area contributed by atoms with E-state index >= 15 is 0 Å². The van der Waals surface area contributed by atoms with Gasteiger partial charge >= 0.3 is 0 Å². The van der Waals surface area contributed by atoms with Crippen molar-refractivity contribution in [2.75, 3.05) is 0 Å². The van der Waals surface area contributed by atoms with Crippen LogP contribution in [0, 0.1) is 104 Å². The van der Waals surface area contributed by atoms with Crippen LogP contribution < -0.4 is 0 Å². The van der Waals surface area contributed by atoms with Crippen molar-refractivity contribution in [1.29, 1.82) is 0 Å². The van der Waals surface area contributed by atoms with Gasteiger partial charge in [-0.25, -0.2) is 0 Å². The van der Waals surface area contributed by atoms with Crippen LogP contribution in [-0.4, -0.2) is 0 Å². The van der Waals surface area contributed by atoms with E-state index in [1.54, 1.807) is 0 Å². The van der Waals surface area contributed by atoms with Gasteiger partial charge in [0.05, 0.1) is 0 Å². The van der Waals surface area contributed by atoms with E-state index in [1.807, 2.05) is 0 Å². The Balaban J connectivity index is 0.000000354. The van der Waals surface area contributed by atoms with Crippen LogP contribution in [0.5, 0.6) is 0 Å². The molecule has 0 aromatic rings. The van der Waals surface area contributed by atoms with E-state index in [4.69, 9.17) is 0 Å². The highest BCUT2D eigenvalue weighted by atomic mass is 14.4. The molecule has 378 valence electrons. The highest BCUT2D eigenvalue weighted by molar-refractivity contribution is 4.87. The Bertz CT molecular complexity index is 1050. The lowest BCUT2D eigenvalue weighted by molar-refractivity contribution is 0.0891. The molecule has 5 unspecified atom stereocenters. The van der Waals surface area contributed by atoms with E-state index < -0.39 is 0 Å². The van der Waals surface area contributed by atoms with Crippen LogP contribution >= 0.6 is 0 Å². The van der Waals surface area contributed by atoms with Crippen LogP contribution in [0.1, 0.15) is 301 Å². The molecule has 0 heteroatoms. The van der Waals surface area contributed by atoms with Gasteiger partial charge in [-0.05, 0) is 207 Å². The van der Waals surface area contributed by atoms with Gasteiger partial charge in [-0.2, -0.15) is 0 Å². The summed E-state index contributed by atoms with van der Waals surface area (Å²) in [5.41, 5.74) is 3.51. The van der Waals surface area contributed by atoms with Crippen LogP contribution in [-0.2, 0) is 0 Å². The summed E-state index contributed by atoms with van der Waals surface area (Å²) in [6, 6.07) is 0. The van der Waals surface area contributed by atoms with Gasteiger partial charge in [-0.3, -0.25) is 0 Å². The molecular formula is C63H126. The van der Waals surface area contributed by atoms with Crippen molar-refractivity contribution in [1.82, 2.24) is 0 Å². The zero-order valence-electron chi connectivity index (χ0n) is 48.6. The van der Waals surface area contributed by atoms with Gasteiger partial charge in [0.1, 0.15) is 0 Å². The van der Waals surface area contributed by atoms with Crippen molar-refractivity contribution < 1.29 is 0 Å². The fraction of sp³-hybridized carbons (Fsp3) is 1.00. The largest absolute Gasteiger partial charge is 0.0651 e. The molecule has 0 amide bonds. The fourth-order valence-corrected chi connectivity index (χ4v) is 12.3. The Labute approximate surface area is 402 Å². The molecule has 0 aliphatic heterocycles. The second kappa shape index (κ2) is 27.9. The lowest BCUT2D eigenvalue weighted by atomic mass is 9.64. The smallest absolute Gasteiger partial charge is 0.0328 e. The summed E-state index contributed by atoms with van der Waals surface area (Å²) in [6.07, 6.45) is 32.0. The maximum atomic E-state index is 2.39. The van der Waals surface area contributed by atoms with E-state index in [2.05, 4.69) is 159 Å². The van der Waals surface area contributed by atoms with Crippen molar-refractivity contribution >= 4 is 0 Å². The maximum Gasteiger partial charge on any atom is -0.0328 e. The van der Waals surface area contributed by atoms with Crippen molar-refractivity contribution in [2.24, 2.45) is 104 Å². The van der Waals surface area contributed by atoms with Crippen molar-refractivity contribution in [3.63, 3.8) is 0 Å². The van der Waals surface area contributed by atoms with E-state index in [-0.39, 0.29) is 0 Å². The van der Waals surface area contributed by atoms with Crippen molar-refractivity contribution in [3.05, 3.63) is 0 Å². The molecule has 9 saturated carbocycles. The molecule has 0 spiro atoms. The molecule has 9 aliphatic rings. The molecule has 0 N–H and O–H groups in total. The lowest BCUT2D eigenvalue weighted by Gasteiger charge is -2.42. The molecule has 9 fully saturated rings. The first-order valence-electron chi connectivity index (χ1n) is 28.9. The average Bonchev–Trinajstić information content (AvgIpc) is 3.16. The second-order valence-electron chi connectivity index (χ2n) is 28.7. The molecule has 0 radical (unpaired) electrons. The molecule has 63 heavy (non-hydrogen) atoms. The zero-order valence-corrected chi connectivity index (χ0v) is 48.6. The minimum Gasteiger partial charge on any atom is -0.0651 e. The first-order chi connectivity index (χ1) is 28.9. The Hall–Kier alpha value is 0. The maximum absolute atomic E-state index is 2.39. The minimum absolute atomic E-state index is 0.681. The summed E-state index contributed by atoms with van der Waals surface area (Å²) >= 11 is 0. The standard InChI is InChI=1S/9C7H14/c2*1-6-4-7(2,3)5-6;2*1-6-4-5-7(6,2)3;1-5-4-6(2)7(5)3;2*1-3-7-4-6(2)5-7;1-3-7(2)5-4-6-7;1-3-7-5-4-6(7)2/h4*6H,4-5H2,1-3H3;5-7H,4H2,1-3H3;2*6-7H,3-5H2,1-2H3;3-6H2,1-2H3;6-7H,3-5H2,1-2H3/t;;6-;;;;;;/m..0....../s1. The molecule has 0 nitrogen and oxygen atoms in total. The molecule has 6 atom stereocenters. The highest BCUT2D eigenvalue weighted by Gasteiger charge is 2.36. The third-order valence-electron chi connectivity index (χ3n) is 20.1. The zero-order chi connectivity index (χ0) is 48.6. The highest BCUT2D eigenvalue weighted by Crippen LogP contribution is 2.47. The van der Waals surface area contributed by atoms with E-state index in [0.717, 1.165) is 82.3 Å². The average molecular weight is 884 g/mol. The number of rotatable bonds is 4. The molecule has 0 saturated heterocycles. The minimum atomic E-state index is 0.681. The Morgan fingerprint density at radius 2 is 0.730 bits per heavy atom. The van der Waals surface area contributed by atoms with Crippen molar-refractivity contribution in [3.8, 4) is 0 Å². The first-order valence-corrected chi connectivity index (χ1v) is 28.9. The topological polar surface area (TPSA) is 0 Å². The summed E-state index contributed by atoms with van der Waals surface area (Å²) in [5, 5.41) is 0. The molecule has 0 heterocycles. The van der Waals surface area contributed by atoms with E-state index in [1.165, 1.54) is 141 Å². The summed E-state index contributed by atoms with van der Waals surface area (Å²) in [5.74, 6) is 13.4. The monoisotopic (exact) mass is 883 g/mol. The third kappa shape index (κ3) is 23.2. The quantitative estimate of drug-likeness (QED) is 0.264. The molecule has 9 aliphatic carbocycles. The fourth-order valence-electron chi connectivity index (χ4n) is 12.3. The van der Waals surface area contributed by atoms with Gasteiger partial charge < -0.3 is 0 Å². The normalized spacial score (nSPS) is 36.9. The van der Waals surface area contributed by atoms with Gasteiger partial charge in [0, 0.05) is 0 Å².